The number of hydrogen-bond donors (Lipinski definition) is 2. The van der Waals surface area contributed by atoms with Gasteiger partial charge in [0.25, 0.3) is 0 Å². The quantitative estimate of drug-likeness (QED) is 0.464. The highest BCUT2D eigenvalue weighted by Crippen LogP contribution is 2.24. The standard InChI is InChI=1S/C14H17N5O4.ClH/c1-9-16-13(19(21)22)8-18(9)6-5-14(20)17-12-7-10(23-2)3-4-11(12)15;/h3-4,7-8H,5-6,15H2,1-2H3,(H,17,20);1H. The molecular formula is C14H18ClN5O4. The Balaban J connectivity index is 0.00000288. The number of nitrogen functional groups attached to an aromatic ring is 1. The van der Waals surface area contributed by atoms with Crippen molar-refractivity contribution in [1.82, 2.24) is 9.55 Å². The number of rotatable bonds is 6. The van der Waals surface area contributed by atoms with Crippen LogP contribution in [0.15, 0.2) is 24.4 Å². The van der Waals surface area contributed by atoms with Gasteiger partial charge in [0.2, 0.25) is 11.7 Å². The van der Waals surface area contributed by atoms with Crippen LogP contribution in [0.5, 0.6) is 5.75 Å². The normalized spacial score (nSPS) is 9.92. The zero-order valence-electron chi connectivity index (χ0n) is 13.2. The van der Waals surface area contributed by atoms with E-state index in [1.54, 1.807) is 29.7 Å². The van der Waals surface area contributed by atoms with E-state index in [2.05, 4.69) is 10.3 Å². The molecule has 0 spiro atoms. The van der Waals surface area contributed by atoms with Crippen LogP contribution in [0.2, 0.25) is 0 Å². The fraction of sp³-hybridized carbons (Fsp3) is 0.286. The SMILES string of the molecule is COc1ccc(N)c(NC(=O)CCn2cc([N+](=O)[O-])nc2C)c1.Cl. The first-order chi connectivity index (χ1) is 10.9. The van der Waals surface area contributed by atoms with Crippen LogP contribution in [-0.4, -0.2) is 27.5 Å². The maximum absolute atomic E-state index is 12.0. The van der Waals surface area contributed by atoms with Crippen molar-refractivity contribution in [2.24, 2.45) is 0 Å². The molecule has 0 fully saturated rings. The van der Waals surface area contributed by atoms with E-state index in [9.17, 15) is 14.9 Å². The summed E-state index contributed by atoms with van der Waals surface area (Å²) in [5.74, 6) is 0.557. The summed E-state index contributed by atoms with van der Waals surface area (Å²) in [5, 5.41) is 13.4. The Labute approximate surface area is 144 Å². The van der Waals surface area contributed by atoms with Gasteiger partial charge >= 0.3 is 5.82 Å². The number of nitrogens with two attached hydrogens (primary N) is 1. The third-order valence-corrected chi connectivity index (χ3v) is 3.26. The molecule has 1 heterocycles. The monoisotopic (exact) mass is 355 g/mol. The van der Waals surface area contributed by atoms with Gasteiger partial charge in [0, 0.05) is 26.0 Å². The van der Waals surface area contributed by atoms with Crippen LogP contribution in [0.25, 0.3) is 0 Å². The Kier molecular flexibility index (Phi) is 6.54. The fourth-order valence-corrected chi connectivity index (χ4v) is 2.01. The topological polar surface area (TPSA) is 125 Å². The summed E-state index contributed by atoms with van der Waals surface area (Å²) in [6, 6.07) is 4.96. The van der Waals surface area contributed by atoms with E-state index >= 15 is 0 Å². The molecule has 130 valence electrons. The first-order valence-electron chi connectivity index (χ1n) is 6.82. The van der Waals surface area contributed by atoms with Gasteiger partial charge in [-0.2, -0.15) is 0 Å². The van der Waals surface area contributed by atoms with E-state index in [1.807, 2.05) is 0 Å². The molecule has 9 nitrogen and oxygen atoms in total. The maximum Gasteiger partial charge on any atom is 0.381 e. The molecule has 0 saturated heterocycles. The van der Waals surface area contributed by atoms with Crippen LogP contribution in [0.4, 0.5) is 17.2 Å². The molecule has 24 heavy (non-hydrogen) atoms. The zero-order valence-corrected chi connectivity index (χ0v) is 14.0. The van der Waals surface area contributed by atoms with Crippen LogP contribution in [0.1, 0.15) is 12.2 Å². The van der Waals surface area contributed by atoms with Crippen molar-refractivity contribution in [2.75, 3.05) is 18.2 Å². The molecule has 0 saturated carbocycles. The smallest absolute Gasteiger partial charge is 0.381 e. The van der Waals surface area contributed by atoms with Crippen LogP contribution in [0, 0.1) is 17.0 Å². The molecule has 0 unspecified atom stereocenters. The summed E-state index contributed by atoms with van der Waals surface area (Å²) in [4.78, 5) is 25.9. The lowest BCUT2D eigenvalue weighted by molar-refractivity contribution is -0.389. The van der Waals surface area contributed by atoms with E-state index in [4.69, 9.17) is 10.5 Å². The van der Waals surface area contributed by atoms with Crippen LogP contribution < -0.4 is 15.8 Å². The number of carbonyl (C=O) groups excluding carboxylic acids is 1. The van der Waals surface area contributed by atoms with Crippen molar-refractivity contribution >= 4 is 35.5 Å². The number of anilines is 2. The van der Waals surface area contributed by atoms with Crippen LogP contribution >= 0.6 is 12.4 Å². The Bertz CT molecular complexity index is 747. The molecule has 0 atom stereocenters. The summed E-state index contributed by atoms with van der Waals surface area (Å²) >= 11 is 0. The highest BCUT2D eigenvalue weighted by atomic mass is 35.5. The zero-order chi connectivity index (χ0) is 17.0. The molecule has 0 bridgehead atoms. The summed E-state index contributed by atoms with van der Waals surface area (Å²) in [6.07, 6.45) is 1.44. The average molecular weight is 356 g/mol. The van der Waals surface area contributed by atoms with Gasteiger partial charge < -0.3 is 30.5 Å². The van der Waals surface area contributed by atoms with Crippen molar-refractivity contribution in [2.45, 2.75) is 19.9 Å². The van der Waals surface area contributed by atoms with E-state index in [1.165, 1.54) is 13.3 Å². The van der Waals surface area contributed by atoms with Gasteiger partial charge in [-0.15, -0.1) is 12.4 Å². The second-order valence-corrected chi connectivity index (χ2v) is 4.85. The first kappa shape index (κ1) is 19.2. The molecule has 0 aliphatic carbocycles. The van der Waals surface area contributed by atoms with Gasteiger partial charge in [-0.3, -0.25) is 4.79 Å². The first-order valence-corrected chi connectivity index (χ1v) is 6.82. The second kappa shape index (κ2) is 8.16. The Hall–Kier alpha value is -2.81. The number of halogens is 1. The van der Waals surface area contributed by atoms with Crippen LogP contribution in [-0.2, 0) is 11.3 Å². The molecule has 0 aliphatic heterocycles. The van der Waals surface area contributed by atoms with Crippen molar-refractivity contribution in [3.63, 3.8) is 0 Å². The number of nitrogens with zero attached hydrogens (tertiary/aromatic N) is 3. The van der Waals surface area contributed by atoms with E-state index < -0.39 is 4.92 Å². The molecule has 0 aliphatic rings. The number of amides is 1. The van der Waals surface area contributed by atoms with E-state index in [-0.39, 0.29) is 37.1 Å². The number of imidazole rings is 1. The summed E-state index contributed by atoms with van der Waals surface area (Å²) in [6.45, 7) is 1.92. The lowest BCUT2D eigenvalue weighted by Crippen LogP contribution is -2.15. The third kappa shape index (κ3) is 4.59. The summed E-state index contributed by atoms with van der Waals surface area (Å²) in [7, 11) is 1.52. The van der Waals surface area contributed by atoms with Gasteiger partial charge in [0.05, 0.1) is 18.5 Å². The number of nitro groups is 1. The average Bonchev–Trinajstić information content (AvgIpc) is 2.89. The summed E-state index contributed by atoms with van der Waals surface area (Å²) < 4.78 is 6.64. The minimum atomic E-state index is -0.569. The second-order valence-electron chi connectivity index (χ2n) is 4.85. The number of benzene rings is 1. The van der Waals surface area contributed by atoms with Crippen molar-refractivity contribution in [3.05, 3.63) is 40.3 Å². The van der Waals surface area contributed by atoms with Crippen LogP contribution in [0.3, 0.4) is 0 Å². The van der Waals surface area contributed by atoms with Gasteiger partial charge in [0.15, 0.2) is 0 Å². The number of methoxy groups -OCH3 is 1. The predicted octanol–water partition coefficient (Wildman–Crippen LogP) is 2.14. The highest BCUT2D eigenvalue weighted by molar-refractivity contribution is 5.94. The molecule has 3 N–H and O–H groups in total. The van der Waals surface area contributed by atoms with E-state index in [0.29, 0.717) is 22.9 Å². The third-order valence-electron chi connectivity index (χ3n) is 3.26. The Morgan fingerprint density at radius 3 is 2.79 bits per heavy atom. The Morgan fingerprint density at radius 1 is 1.50 bits per heavy atom. The van der Waals surface area contributed by atoms with Gasteiger partial charge in [0.1, 0.15) is 11.9 Å². The van der Waals surface area contributed by atoms with Crippen molar-refractivity contribution in [1.29, 1.82) is 0 Å². The van der Waals surface area contributed by atoms with E-state index in [0.717, 1.165) is 0 Å². The lowest BCUT2D eigenvalue weighted by atomic mass is 10.2. The van der Waals surface area contributed by atoms with Gasteiger partial charge in [-0.05, 0) is 22.0 Å². The number of carbonyl (C=O) groups is 1. The molecule has 1 aromatic heterocycles. The molecule has 10 heteroatoms. The number of hydrogen-bond acceptors (Lipinski definition) is 6. The molecule has 1 aromatic carbocycles. The maximum atomic E-state index is 12.0. The van der Waals surface area contributed by atoms with Gasteiger partial charge in [-0.1, -0.05) is 0 Å². The largest absolute Gasteiger partial charge is 0.497 e. The van der Waals surface area contributed by atoms with Crippen molar-refractivity contribution < 1.29 is 14.5 Å². The van der Waals surface area contributed by atoms with Gasteiger partial charge in [-0.25, -0.2) is 0 Å². The fourth-order valence-electron chi connectivity index (χ4n) is 2.01. The number of ether oxygens (including phenoxy) is 1. The lowest BCUT2D eigenvalue weighted by Gasteiger charge is -2.10. The number of aromatic nitrogens is 2. The Morgan fingerprint density at radius 2 is 2.21 bits per heavy atom. The molecule has 1 amide bonds. The predicted molar refractivity (Wildman–Crippen MR) is 91.5 cm³/mol. The number of nitrogens with one attached hydrogen (secondary N) is 1. The van der Waals surface area contributed by atoms with Crippen molar-refractivity contribution in [3.8, 4) is 5.75 Å². The molecule has 2 rings (SSSR count). The molecule has 2 aromatic rings. The minimum absolute atomic E-state index is 0. The minimum Gasteiger partial charge on any atom is -0.497 e. The number of aryl methyl sites for hydroxylation is 2. The summed E-state index contributed by atoms with van der Waals surface area (Å²) in [5.41, 5.74) is 6.69. The highest BCUT2D eigenvalue weighted by Gasteiger charge is 2.16. The molecular weight excluding hydrogens is 338 g/mol. The molecule has 0 radical (unpaired) electrons.